The van der Waals surface area contributed by atoms with Crippen LogP contribution in [-0.4, -0.2) is 4.98 Å². The Morgan fingerprint density at radius 1 is 0.952 bits per heavy atom. The fourth-order valence-electron chi connectivity index (χ4n) is 2.08. The summed E-state index contributed by atoms with van der Waals surface area (Å²) >= 11 is 0. The summed E-state index contributed by atoms with van der Waals surface area (Å²) in [6.07, 6.45) is -2.47. The van der Waals surface area contributed by atoms with E-state index >= 15 is 0 Å². The monoisotopic (exact) mass is 291 g/mol. The Hall–Kier alpha value is -2.43. The van der Waals surface area contributed by atoms with E-state index in [0.717, 1.165) is 23.0 Å². The topological polar surface area (TPSA) is 25.0 Å². The first-order valence-corrected chi connectivity index (χ1v) is 6.38. The largest absolute Gasteiger partial charge is 0.489 e. The van der Waals surface area contributed by atoms with E-state index in [1.54, 1.807) is 0 Å². The van der Waals surface area contributed by atoms with Gasteiger partial charge < -0.3 is 9.72 Å². The first-order chi connectivity index (χ1) is 10.0. The summed E-state index contributed by atoms with van der Waals surface area (Å²) in [5.74, 6) is 0.682. The third-order valence-corrected chi connectivity index (χ3v) is 3.21. The summed E-state index contributed by atoms with van der Waals surface area (Å²) < 4.78 is 43.0. The minimum absolute atomic E-state index is 0.230. The lowest BCUT2D eigenvalue weighted by molar-refractivity contribution is -0.137. The van der Waals surface area contributed by atoms with Crippen molar-refractivity contribution in [1.82, 2.24) is 4.98 Å². The van der Waals surface area contributed by atoms with E-state index in [1.165, 1.54) is 12.1 Å². The zero-order chi connectivity index (χ0) is 14.9. The van der Waals surface area contributed by atoms with Crippen molar-refractivity contribution in [1.29, 1.82) is 0 Å². The molecule has 0 unspecified atom stereocenters. The lowest BCUT2D eigenvalue weighted by Gasteiger charge is -2.09. The Labute approximate surface area is 119 Å². The van der Waals surface area contributed by atoms with Crippen LogP contribution in [-0.2, 0) is 12.8 Å². The SMILES string of the molecule is FC(F)(F)c1ccc(COc2ccc3[nH]ccc3c2)cc1. The molecule has 0 saturated heterocycles. The van der Waals surface area contributed by atoms with Gasteiger partial charge in [-0.1, -0.05) is 12.1 Å². The van der Waals surface area contributed by atoms with Gasteiger partial charge in [-0.3, -0.25) is 0 Å². The molecule has 0 amide bonds. The second-order valence-electron chi connectivity index (χ2n) is 4.71. The number of hydrogen-bond donors (Lipinski definition) is 1. The van der Waals surface area contributed by atoms with Crippen LogP contribution in [0.5, 0.6) is 5.75 Å². The second-order valence-corrected chi connectivity index (χ2v) is 4.71. The molecule has 3 rings (SSSR count). The molecule has 1 heterocycles. The van der Waals surface area contributed by atoms with Crippen LogP contribution >= 0.6 is 0 Å². The third kappa shape index (κ3) is 3.02. The van der Waals surface area contributed by atoms with Crippen molar-refractivity contribution in [2.24, 2.45) is 0 Å². The summed E-state index contributed by atoms with van der Waals surface area (Å²) in [5.41, 5.74) is 1.05. The minimum Gasteiger partial charge on any atom is -0.489 e. The molecule has 0 fully saturated rings. The fourth-order valence-corrected chi connectivity index (χ4v) is 2.08. The Bertz CT molecular complexity index is 744. The molecular formula is C16H12F3NO. The highest BCUT2D eigenvalue weighted by molar-refractivity contribution is 5.80. The van der Waals surface area contributed by atoms with E-state index in [9.17, 15) is 13.2 Å². The highest BCUT2D eigenvalue weighted by Gasteiger charge is 2.29. The number of hydrogen-bond acceptors (Lipinski definition) is 1. The predicted octanol–water partition coefficient (Wildman–Crippen LogP) is 4.77. The molecule has 0 bridgehead atoms. The van der Waals surface area contributed by atoms with E-state index < -0.39 is 11.7 Å². The summed E-state index contributed by atoms with van der Waals surface area (Å²) in [6.45, 7) is 0.230. The molecule has 2 nitrogen and oxygen atoms in total. The van der Waals surface area contributed by atoms with Gasteiger partial charge >= 0.3 is 6.18 Å². The van der Waals surface area contributed by atoms with Crippen LogP contribution in [0.1, 0.15) is 11.1 Å². The summed E-state index contributed by atoms with van der Waals surface area (Å²) in [4.78, 5) is 3.08. The van der Waals surface area contributed by atoms with Gasteiger partial charge in [0.1, 0.15) is 12.4 Å². The van der Waals surface area contributed by atoms with Crippen molar-refractivity contribution in [2.75, 3.05) is 0 Å². The van der Waals surface area contributed by atoms with Gasteiger partial charge in [0.05, 0.1) is 5.56 Å². The molecule has 2 aromatic carbocycles. The minimum atomic E-state index is -4.31. The molecule has 108 valence electrons. The van der Waals surface area contributed by atoms with Crippen LogP contribution in [0.4, 0.5) is 13.2 Å². The first kappa shape index (κ1) is 13.5. The molecule has 21 heavy (non-hydrogen) atoms. The molecule has 0 spiro atoms. The van der Waals surface area contributed by atoms with E-state index in [1.807, 2.05) is 30.5 Å². The number of aromatic nitrogens is 1. The first-order valence-electron chi connectivity index (χ1n) is 6.38. The zero-order valence-corrected chi connectivity index (χ0v) is 10.9. The van der Waals surface area contributed by atoms with Crippen molar-refractivity contribution in [2.45, 2.75) is 12.8 Å². The second kappa shape index (κ2) is 5.16. The molecule has 1 aromatic heterocycles. The lowest BCUT2D eigenvalue weighted by Crippen LogP contribution is -2.05. The van der Waals surface area contributed by atoms with Crippen LogP contribution in [0.25, 0.3) is 10.9 Å². The third-order valence-electron chi connectivity index (χ3n) is 3.21. The smallest absolute Gasteiger partial charge is 0.416 e. The average Bonchev–Trinajstić information content (AvgIpc) is 2.92. The van der Waals surface area contributed by atoms with E-state index in [2.05, 4.69) is 4.98 Å². The summed E-state index contributed by atoms with van der Waals surface area (Å²) in [7, 11) is 0. The van der Waals surface area contributed by atoms with Gasteiger partial charge in [0, 0.05) is 17.1 Å². The van der Waals surface area contributed by atoms with E-state index in [-0.39, 0.29) is 6.61 Å². The predicted molar refractivity (Wildman–Crippen MR) is 74.1 cm³/mol. The van der Waals surface area contributed by atoms with Crippen molar-refractivity contribution in [3.05, 3.63) is 65.9 Å². The van der Waals surface area contributed by atoms with Crippen molar-refractivity contribution < 1.29 is 17.9 Å². The van der Waals surface area contributed by atoms with Gasteiger partial charge in [0.25, 0.3) is 0 Å². The molecule has 3 aromatic rings. The number of aromatic amines is 1. The number of H-pyrrole nitrogens is 1. The van der Waals surface area contributed by atoms with Gasteiger partial charge in [0.15, 0.2) is 0 Å². The maximum atomic E-state index is 12.5. The van der Waals surface area contributed by atoms with Gasteiger partial charge in [-0.05, 0) is 42.0 Å². The van der Waals surface area contributed by atoms with E-state index in [4.69, 9.17) is 4.74 Å². The van der Waals surface area contributed by atoms with Crippen molar-refractivity contribution in [3.8, 4) is 5.75 Å². The zero-order valence-electron chi connectivity index (χ0n) is 10.9. The summed E-state index contributed by atoms with van der Waals surface area (Å²) in [6, 6.07) is 12.5. The maximum Gasteiger partial charge on any atom is 0.416 e. The molecule has 5 heteroatoms. The molecule has 1 N–H and O–H groups in total. The molecule has 0 aliphatic carbocycles. The average molecular weight is 291 g/mol. The number of benzene rings is 2. The van der Waals surface area contributed by atoms with Gasteiger partial charge in [0.2, 0.25) is 0 Å². The Morgan fingerprint density at radius 3 is 2.43 bits per heavy atom. The normalized spacial score (nSPS) is 11.8. The van der Waals surface area contributed by atoms with Crippen LogP contribution in [0.15, 0.2) is 54.7 Å². The highest BCUT2D eigenvalue weighted by Crippen LogP contribution is 2.29. The maximum absolute atomic E-state index is 12.5. The number of rotatable bonds is 3. The Balaban J connectivity index is 1.69. The van der Waals surface area contributed by atoms with Crippen molar-refractivity contribution >= 4 is 10.9 Å². The molecule has 0 radical (unpaired) electrons. The quantitative estimate of drug-likeness (QED) is 0.739. The van der Waals surface area contributed by atoms with Crippen molar-refractivity contribution in [3.63, 3.8) is 0 Å². The highest BCUT2D eigenvalue weighted by atomic mass is 19.4. The van der Waals surface area contributed by atoms with Crippen LogP contribution in [0, 0.1) is 0 Å². The molecule has 0 aliphatic heterocycles. The molecule has 0 aliphatic rings. The van der Waals surface area contributed by atoms with Gasteiger partial charge in [-0.15, -0.1) is 0 Å². The molecule has 0 atom stereocenters. The molecular weight excluding hydrogens is 279 g/mol. The van der Waals surface area contributed by atoms with Crippen LogP contribution in [0.3, 0.4) is 0 Å². The number of nitrogens with one attached hydrogen (secondary N) is 1. The summed E-state index contributed by atoms with van der Waals surface area (Å²) in [5, 5.41) is 1.03. The molecule has 0 saturated carbocycles. The van der Waals surface area contributed by atoms with Gasteiger partial charge in [-0.25, -0.2) is 0 Å². The standard InChI is InChI=1S/C16H12F3NO/c17-16(18,19)13-3-1-11(2-4-13)10-21-14-5-6-15-12(9-14)7-8-20-15/h1-9,20H,10H2. The van der Waals surface area contributed by atoms with Gasteiger partial charge in [-0.2, -0.15) is 13.2 Å². The Morgan fingerprint density at radius 2 is 1.71 bits per heavy atom. The van der Waals surface area contributed by atoms with Crippen LogP contribution in [0.2, 0.25) is 0 Å². The number of halogens is 3. The lowest BCUT2D eigenvalue weighted by atomic mass is 10.1. The van der Waals surface area contributed by atoms with Crippen LogP contribution < -0.4 is 4.74 Å². The number of fused-ring (bicyclic) bond motifs is 1. The number of ether oxygens (including phenoxy) is 1. The number of alkyl halides is 3. The van der Waals surface area contributed by atoms with E-state index in [0.29, 0.717) is 11.3 Å². The fraction of sp³-hybridized carbons (Fsp3) is 0.125. The Kier molecular flexibility index (Phi) is 3.33.